The van der Waals surface area contributed by atoms with E-state index < -0.39 is 6.04 Å². The van der Waals surface area contributed by atoms with Gasteiger partial charge in [0.1, 0.15) is 12.6 Å². The van der Waals surface area contributed by atoms with Gasteiger partial charge in [-0.1, -0.05) is 148 Å². The van der Waals surface area contributed by atoms with Crippen LogP contribution in [0.15, 0.2) is 42.6 Å². The summed E-state index contributed by atoms with van der Waals surface area (Å²) < 4.78 is 15.6. The maximum atomic E-state index is 12.8. The van der Waals surface area contributed by atoms with Gasteiger partial charge in [0.15, 0.2) is 0 Å². The first kappa shape index (κ1) is 48.6. The van der Waals surface area contributed by atoms with Crippen LogP contribution in [-0.2, 0) is 35.2 Å². The molecule has 0 aromatic heterocycles. The second-order valence-electron chi connectivity index (χ2n) is 12.3. The number of hydrogen-bond acceptors (Lipinski definition) is 8. The topological polar surface area (TPSA) is 90.9 Å². The Morgan fingerprint density at radius 1 is 0.694 bits per heavy atom. The molecule has 0 aliphatic heterocycles. The van der Waals surface area contributed by atoms with Gasteiger partial charge in [-0.2, -0.15) is 11.8 Å². The van der Waals surface area contributed by atoms with E-state index in [-0.39, 0.29) is 30.9 Å². The lowest BCUT2D eigenvalue weighted by Crippen LogP contribution is -2.38. The minimum atomic E-state index is -0.597. The minimum absolute atomic E-state index is 0.0970. The summed E-state index contributed by atoms with van der Waals surface area (Å²) in [7, 11) is 1.45. The summed E-state index contributed by atoms with van der Waals surface area (Å²) in [6, 6.07) is 8.98. The molecule has 49 heavy (non-hydrogen) atoms. The lowest BCUT2D eigenvalue weighted by molar-refractivity contribution is -0.148. The second-order valence-corrected chi connectivity index (χ2v) is 13.1. The molecule has 0 fully saturated rings. The molecule has 0 saturated heterocycles. The number of carbonyl (C=O) groups excluding carboxylic acids is 3. The molecule has 0 spiro atoms. The van der Waals surface area contributed by atoms with Crippen molar-refractivity contribution in [2.24, 2.45) is 0 Å². The minimum Gasteiger partial charge on any atom is -0.469 e. The quantitative estimate of drug-likeness (QED) is 0.0500. The Morgan fingerprint density at radius 3 is 1.67 bits per heavy atom. The predicted molar refractivity (Wildman–Crippen MR) is 209 cm³/mol. The maximum Gasteiger partial charge on any atom is 0.328 e. The number of esters is 3. The number of rotatable bonds is 29. The zero-order valence-corrected chi connectivity index (χ0v) is 33.1. The molecule has 0 aliphatic carbocycles. The van der Waals surface area contributed by atoms with Gasteiger partial charge in [-0.25, -0.2) is 4.79 Å². The SMILES string of the molecule is C=C(CCCCCCCCCCCCCCCCC(=O)OC)NC(CCC(=O)OCc1ccccc1)C(=O)OCCCCC.CC.CSC. The number of hydrogen-bond donors (Lipinski definition) is 1. The van der Waals surface area contributed by atoms with Crippen LogP contribution in [0.1, 0.15) is 161 Å². The molecule has 0 aliphatic rings. The molecule has 0 heterocycles. The van der Waals surface area contributed by atoms with Crippen LogP contribution in [0, 0.1) is 0 Å². The average molecular weight is 708 g/mol. The average Bonchev–Trinajstić information content (AvgIpc) is 3.12. The predicted octanol–water partition coefficient (Wildman–Crippen LogP) is 11.1. The van der Waals surface area contributed by atoms with Crippen LogP contribution in [-0.4, -0.2) is 50.2 Å². The van der Waals surface area contributed by atoms with Gasteiger partial charge in [-0.3, -0.25) is 9.59 Å². The molecular formula is C41H73NO6S. The molecule has 1 N–H and O–H groups in total. The molecule has 1 aromatic carbocycles. The first-order valence-corrected chi connectivity index (χ1v) is 20.8. The summed E-state index contributed by atoms with van der Waals surface area (Å²) in [5.74, 6) is -0.747. The molecule has 0 amide bonds. The summed E-state index contributed by atoms with van der Waals surface area (Å²) >= 11 is 1.75. The summed E-state index contributed by atoms with van der Waals surface area (Å²) in [6.45, 7) is 10.9. The smallest absolute Gasteiger partial charge is 0.328 e. The van der Waals surface area contributed by atoms with E-state index in [1.165, 1.54) is 71.3 Å². The van der Waals surface area contributed by atoms with Crippen LogP contribution in [0.5, 0.6) is 0 Å². The van der Waals surface area contributed by atoms with Gasteiger partial charge in [0, 0.05) is 18.5 Å². The first-order chi connectivity index (χ1) is 23.9. The van der Waals surface area contributed by atoms with Gasteiger partial charge in [0.25, 0.3) is 0 Å². The number of nitrogens with one attached hydrogen (secondary N) is 1. The molecule has 1 atom stereocenters. The van der Waals surface area contributed by atoms with Crippen molar-refractivity contribution in [3.63, 3.8) is 0 Å². The third-order valence-corrected chi connectivity index (χ3v) is 7.87. The monoisotopic (exact) mass is 708 g/mol. The highest BCUT2D eigenvalue weighted by atomic mass is 32.2. The van der Waals surface area contributed by atoms with E-state index in [1.807, 2.05) is 56.7 Å². The van der Waals surface area contributed by atoms with Gasteiger partial charge >= 0.3 is 17.9 Å². The van der Waals surface area contributed by atoms with Crippen molar-refractivity contribution in [1.82, 2.24) is 5.32 Å². The Morgan fingerprint density at radius 2 is 1.18 bits per heavy atom. The van der Waals surface area contributed by atoms with E-state index in [4.69, 9.17) is 9.47 Å². The van der Waals surface area contributed by atoms with Crippen LogP contribution in [0.3, 0.4) is 0 Å². The number of ether oxygens (including phenoxy) is 3. The first-order valence-electron chi connectivity index (χ1n) is 19.1. The summed E-state index contributed by atoms with van der Waals surface area (Å²) in [5.41, 5.74) is 1.76. The lowest BCUT2D eigenvalue weighted by Gasteiger charge is -2.20. The standard InChI is InChI=1S/C37H61NO6.C2H6S.C2H6/c1-4-5-23-30-43-37(41)34(28-29-36(40)44-31-33-25-20-18-21-26-33)38-32(2)24-19-16-14-12-10-8-6-7-9-11-13-15-17-22-27-35(39)42-3;1-3-2;1-2/h18,20-21,25-26,34,38H,2,4-17,19,22-24,27-31H2,1,3H3;1-2H3;1-2H3. The third-order valence-electron chi connectivity index (χ3n) is 7.87. The highest BCUT2D eigenvalue weighted by molar-refractivity contribution is 7.97. The van der Waals surface area contributed by atoms with Crippen LogP contribution in [0.4, 0.5) is 0 Å². The van der Waals surface area contributed by atoms with Gasteiger partial charge in [-0.15, -0.1) is 0 Å². The van der Waals surface area contributed by atoms with Gasteiger partial charge in [0.2, 0.25) is 0 Å². The van der Waals surface area contributed by atoms with Crippen molar-refractivity contribution in [2.75, 3.05) is 26.2 Å². The van der Waals surface area contributed by atoms with E-state index >= 15 is 0 Å². The fourth-order valence-electron chi connectivity index (χ4n) is 5.10. The highest BCUT2D eigenvalue weighted by Gasteiger charge is 2.22. The van der Waals surface area contributed by atoms with E-state index in [2.05, 4.69) is 23.6 Å². The molecule has 7 nitrogen and oxygen atoms in total. The van der Waals surface area contributed by atoms with Crippen molar-refractivity contribution < 1.29 is 28.6 Å². The molecule has 8 heteroatoms. The molecule has 1 aromatic rings. The van der Waals surface area contributed by atoms with E-state index in [0.29, 0.717) is 19.4 Å². The number of benzene rings is 1. The fraction of sp³-hybridized carbons (Fsp3) is 0.732. The van der Waals surface area contributed by atoms with Crippen molar-refractivity contribution in [1.29, 1.82) is 0 Å². The van der Waals surface area contributed by atoms with Crippen LogP contribution in [0.2, 0.25) is 0 Å². The zero-order chi connectivity index (χ0) is 36.8. The highest BCUT2D eigenvalue weighted by Crippen LogP contribution is 2.15. The van der Waals surface area contributed by atoms with Gasteiger partial charge in [0.05, 0.1) is 13.7 Å². The molecule has 284 valence electrons. The largest absolute Gasteiger partial charge is 0.469 e. The zero-order valence-electron chi connectivity index (χ0n) is 32.3. The lowest BCUT2D eigenvalue weighted by atomic mass is 10.0. The van der Waals surface area contributed by atoms with Crippen molar-refractivity contribution in [3.8, 4) is 0 Å². The van der Waals surface area contributed by atoms with Gasteiger partial charge in [-0.05, 0) is 50.2 Å². The Bertz CT molecular complexity index is 911. The Labute approximate surface area is 305 Å². The van der Waals surface area contributed by atoms with Crippen LogP contribution in [0.25, 0.3) is 0 Å². The molecule has 1 rings (SSSR count). The van der Waals surface area contributed by atoms with Crippen molar-refractivity contribution in [3.05, 3.63) is 48.2 Å². The number of methoxy groups -OCH3 is 1. The maximum absolute atomic E-state index is 12.8. The second kappa shape index (κ2) is 38.3. The van der Waals surface area contributed by atoms with Crippen molar-refractivity contribution in [2.45, 2.75) is 168 Å². The number of thioether (sulfide) groups is 1. The Balaban J connectivity index is 0. The van der Waals surface area contributed by atoms with Crippen LogP contribution >= 0.6 is 11.8 Å². The van der Waals surface area contributed by atoms with Gasteiger partial charge < -0.3 is 19.5 Å². The summed E-state index contributed by atoms with van der Waals surface area (Å²) in [6.07, 6.45) is 25.9. The van der Waals surface area contributed by atoms with E-state index in [1.54, 1.807) is 11.8 Å². The number of carbonyl (C=O) groups is 3. The molecular weight excluding hydrogens is 635 g/mol. The molecule has 0 radical (unpaired) electrons. The fourth-order valence-corrected chi connectivity index (χ4v) is 5.10. The summed E-state index contributed by atoms with van der Waals surface area (Å²) in [5, 5.41) is 3.25. The Hall–Kier alpha value is -2.48. The Kier molecular flexibility index (Phi) is 38.0. The number of allylic oxidation sites excluding steroid dienone is 1. The van der Waals surface area contributed by atoms with E-state index in [0.717, 1.165) is 62.6 Å². The normalized spacial score (nSPS) is 10.8. The molecule has 0 saturated carbocycles. The number of unbranched alkanes of at least 4 members (excludes halogenated alkanes) is 15. The molecule has 1 unspecified atom stereocenters. The summed E-state index contributed by atoms with van der Waals surface area (Å²) in [4.78, 5) is 36.2. The van der Waals surface area contributed by atoms with Crippen LogP contribution < -0.4 is 5.32 Å². The third kappa shape index (κ3) is 33.8. The van der Waals surface area contributed by atoms with Crippen molar-refractivity contribution >= 4 is 29.7 Å². The van der Waals surface area contributed by atoms with E-state index in [9.17, 15) is 14.4 Å². The molecule has 0 bridgehead atoms.